The zero-order valence-electron chi connectivity index (χ0n) is 32.1. The first-order chi connectivity index (χ1) is 28.7. The third-order valence-corrected chi connectivity index (χ3v) is 11.9. The Morgan fingerprint density at radius 1 is 0.500 bits per heavy atom. The first kappa shape index (κ1) is 33.9. The standard InChI is InChI=1S/C55H39N3/c1-36-33-43(31-32-44(36)51-35-42(37-15-4-2-5-16-37)34-50(56-51)40-18-6-3-7-19-40)58-52-26-13-11-23-48(52)53-47-22-10-12-25-49(47)57-54(55(53)58)41-29-27-39(28-30-41)46-24-14-20-38-17-8-9-21-45(38)46/h2-36,44H,1H3. The van der Waals surface area contributed by atoms with Crippen LogP contribution in [0.3, 0.4) is 0 Å². The van der Waals surface area contributed by atoms with E-state index in [1.807, 2.05) is 0 Å². The van der Waals surface area contributed by atoms with E-state index in [1.165, 1.54) is 49.3 Å². The van der Waals surface area contributed by atoms with Gasteiger partial charge in [0, 0.05) is 44.6 Å². The molecule has 0 fully saturated rings. The summed E-state index contributed by atoms with van der Waals surface area (Å²) in [6.45, 7) is 2.32. The van der Waals surface area contributed by atoms with Gasteiger partial charge < -0.3 is 4.57 Å². The molecule has 3 heterocycles. The number of nitrogens with zero attached hydrogens (tertiary/aromatic N) is 3. The maximum absolute atomic E-state index is 5.45. The summed E-state index contributed by atoms with van der Waals surface area (Å²) >= 11 is 0. The number of hydrogen-bond donors (Lipinski definition) is 0. The van der Waals surface area contributed by atoms with Crippen molar-refractivity contribution in [3.05, 3.63) is 212 Å². The van der Waals surface area contributed by atoms with Gasteiger partial charge in [-0.1, -0.05) is 183 Å². The molecule has 10 aromatic rings. The molecule has 0 N–H and O–H groups in total. The molecule has 3 heteroatoms. The van der Waals surface area contributed by atoms with E-state index in [9.17, 15) is 0 Å². The van der Waals surface area contributed by atoms with Gasteiger partial charge >= 0.3 is 0 Å². The van der Waals surface area contributed by atoms with Gasteiger partial charge in [-0.25, -0.2) is 4.98 Å². The molecule has 274 valence electrons. The largest absolute Gasteiger partial charge is 0.307 e. The van der Waals surface area contributed by atoms with Gasteiger partial charge in [-0.15, -0.1) is 0 Å². The van der Waals surface area contributed by atoms with Crippen molar-refractivity contribution in [1.29, 1.82) is 0 Å². The molecule has 1 aliphatic rings. The summed E-state index contributed by atoms with van der Waals surface area (Å²) in [4.78, 5) is 10.8. The van der Waals surface area contributed by atoms with E-state index in [0.717, 1.165) is 50.3 Å². The van der Waals surface area contributed by atoms with Crippen LogP contribution in [0.1, 0.15) is 18.5 Å². The molecule has 0 bridgehead atoms. The Labute approximate surface area is 337 Å². The monoisotopic (exact) mass is 741 g/mol. The molecule has 58 heavy (non-hydrogen) atoms. The lowest BCUT2D eigenvalue weighted by Crippen LogP contribution is -2.13. The van der Waals surface area contributed by atoms with E-state index in [4.69, 9.17) is 9.97 Å². The number of para-hydroxylation sites is 2. The number of benzene rings is 7. The normalized spacial score (nSPS) is 15.4. The number of rotatable bonds is 6. The highest BCUT2D eigenvalue weighted by Crippen LogP contribution is 2.44. The molecule has 2 atom stereocenters. The minimum absolute atomic E-state index is 0.100. The van der Waals surface area contributed by atoms with Crippen LogP contribution < -0.4 is 0 Å². The quantitative estimate of drug-likeness (QED) is 0.170. The smallest absolute Gasteiger partial charge is 0.0956 e. The van der Waals surface area contributed by atoms with E-state index >= 15 is 0 Å². The zero-order valence-corrected chi connectivity index (χ0v) is 32.1. The first-order valence-electron chi connectivity index (χ1n) is 20.1. The van der Waals surface area contributed by atoms with Crippen molar-refractivity contribution in [2.24, 2.45) is 5.92 Å². The van der Waals surface area contributed by atoms with Crippen LogP contribution >= 0.6 is 0 Å². The van der Waals surface area contributed by atoms with E-state index in [0.29, 0.717) is 0 Å². The second kappa shape index (κ2) is 14.0. The highest BCUT2D eigenvalue weighted by Gasteiger charge is 2.26. The number of pyridine rings is 2. The highest BCUT2D eigenvalue weighted by molar-refractivity contribution is 6.24. The molecule has 1 aliphatic carbocycles. The average molecular weight is 742 g/mol. The van der Waals surface area contributed by atoms with Crippen LogP contribution in [0.5, 0.6) is 0 Å². The SMILES string of the molecule is CC1C=C(n2c3ccccc3c3c4ccccc4nc(-c4ccc(-c5cccc6ccccc56)cc4)c32)C=CC1c1cc(-c2ccccc2)cc(-c2ccccc2)n1. The Bertz CT molecular complexity index is 3160. The molecule has 3 nitrogen and oxygen atoms in total. The van der Waals surface area contributed by atoms with Gasteiger partial charge in [0.2, 0.25) is 0 Å². The van der Waals surface area contributed by atoms with Crippen LogP contribution in [0, 0.1) is 5.92 Å². The topological polar surface area (TPSA) is 30.7 Å². The summed E-state index contributed by atoms with van der Waals surface area (Å²) in [5.74, 6) is 0.276. The molecular weight excluding hydrogens is 703 g/mol. The van der Waals surface area contributed by atoms with Gasteiger partial charge in [0.05, 0.1) is 27.9 Å². The molecule has 0 aliphatic heterocycles. The summed E-state index contributed by atoms with van der Waals surface area (Å²) in [7, 11) is 0. The Kier molecular flexibility index (Phi) is 8.18. The molecule has 0 amide bonds. The molecule has 11 rings (SSSR count). The van der Waals surface area contributed by atoms with Gasteiger partial charge in [-0.05, 0) is 69.3 Å². The van der Waals surface area contributed by atoms with Gasteiger partial charge in [-0.3, -0.25) is 4.98 Å². The van der Waals surface area contributed by atoms with Crippen LogP contribution in [0.25, 0.3) is 93.9 Å². The van der Waals surface area contributed by atoms with Crippen molar-refractivity contribution < 1.29 is 0 Å². The molecule has 2 unspecified atom stereocenters. The highest BCUT2D eigenvalue weighted by atomic mass is 15.0. The number of fused-ring (bicyclic) bond motifs is 6. The van der Waals surface area contributed by atoms with E-state index < -0.39 is 0 Å². The van der Waals surface area contributed by atoms with Crippen molar-refractivity contribution in [2.75, 3.05) is 0 Å². The molecule has 0 saturated heterocycles. The Morgan fingerprint density at radius 3 is 1.95 bits per heavy atom. The zero-order chi connectivity index (χ0) is 38.6. The van der Waals surface area contributed by atoms with Crippen LogP contribution in [-0.2, 0) is 0 Å². The van der Waals surface area contributed by atoms with Crippen molar-refractivity contribution in [3.63, 3.8) is 0 Å². The predicted octanol–water partition coefficient (Wildman–Crippen LogP) is 14.4. The summed E-state index contributed by atoms with van der Waals surface area (Å²) in [6, 6.07) is 67.2. The average Bonchev–Trinajstić information content (AvgIpc) is 3.65. The summed E-state index contributed by atoms with van der Waals surface area (Å²) in [5.41, 5.74) is 14.5. The lowest BCUT2D eigenvalue weighted by Gasteiger charge is -2.25. The molecule has 7 aromatic carbocycles. The van der Waals surface area contributed by atoms with Crippen molar-refractivity contribution >= 4 is 49.2 Å². The molecule has 3 aromatic heterocycles. The van der Waals surface area contributed by atoms with Crippen LogP contribution in [0.2, 0.25) is 0 Å². The van der Waals surface area contributed by atoms with Crippen molar-refractivity contribution in [3.8, 4) is 44.8 Å². The maximum Gasteiger partial charge on any atom is 0.0956 e. The van der Waals surface area contributed by atoms with E-state index in [-0.39, 0.29) is 11.8 Å². The fourth-order valence-corrected chi connectivity index (χ4v) is 9.05. The van der Waals surface area contributed by atoms with Crippen molar-refractivity contribution in [2.45, 2.75) is 12.8 Å². The maximum atomic E-state index is 5.45. The van der Waals surface area contributed by atoms with Gasteiger partial charge in [0.15, 0.2) is 0 Å². The second-order valence-electron chi connectivity index (χ2n) is 15.4. The molecule has 0 radical (unpaired) electrons. The molecule has 0 spiro atoms. The Morgan fingerprint density at radius 2 is 1.16 bits per heavy atom. The minimum Gasteiger partial charge on any atom is -0.307 e. The van der Waals surface area contributed by atoms with Gasteiger partial charge in [-0.2, -0.15) is 0 Å². The minimum atomic E-state index is 0.100. The summed E-state index contributed by atoms with van der Waals surface area (Å²) in [6.07, 6.45) is 7.09. The molecular formula is C55H39N3. The summed E-state index contributed by atoms with van der Waals surface area (Å²) < 4.78 is 2.45. The summed E-state index contributed by atoms with van der Waals surface area (Å²) in [5, 5.41) is 6.10. The van der Waals surface area contributed by atoms with E-state index in [1.54, 1.807) is 0 Å². The lowest BCUT2D eigenvalue weighted by atomic mass is 9.85. The fourth-order valence-electron chi connectivity index (χ4n) is 9.05. The second-order valence-corrected chi connectivity index (χ2v) is 15.4. The number of allylic oxidation sites excluding steroid dienone is 4. The van der Waals surface area contributed by atoms with Crippen LogP contribution in [-0.4, -0.2) is 14.5 Å². The van der Waals surface area contributed by atoms with Crippen LogP contribution in [0.15, 0.2) is 206 Å². The Balaban J connectivity index is 1.06. The third-order valence-electron chi connectivity index (χ3n) is 11.9. The molecule has 0 saturated carbocycles. The predicted molar refractivity (Wildman–Crippen MR) is 244 cm³/mol. The van der Waals surface area contributed by atoms with Crippen LogP contribution in [0.4, 0.5) is 0 Å². The third kappa shape index (κ3) is 5.74. The van der Waals surface area contributed by atoms with Gasteiger partial charge in [0.1, 0.15) is 0 Å². The number of aromatic nitrogens is 3. The van der Waals surface area contributed by atoms with Crippen molar-refractivity contribution in [1.82, 2.24) is 14.5 Å². The number of hydrogen-bond acceptors (Lipinski definition) is 2. The first-order valence-corrected chi connectivity index (χ1v) is 20.1. The van der Waals surface area contributed by atoms with E-state index in [2.05, 4.69) is 218 Å². The van der Waals surface area contributed by atoms with Gasteiger partial charge in [0.25, 0.3) is 0 Å². The Hall–Kier alpha value is -7.36. The lowest BCUT2D eigenvalue weighted by molar-refractivity contribution is 0.620. The fraction of sp³-hybridized carbons (Fsp3) is 0.0545.